The molecule has 0 saturated heterocycles. The SMILES string of the molecule is Cn1c(C2CCCCC2)nc(C(C)(C)C)c1N. The van der Waals surface area contributed by atoms with Gasteiger partial charge in [-0.25, -0.2) is 4.98 Å². The van der Waals surface area contributed by atoms with Gasteiger partial charge in [0.15, 0.2) is 0 Å². The molecule has 3 nitrogen and oxygen atoms in total. The van der Waals surface area contributed by atoms with Crippen LogP contribution in [0.25, 0.3) is 0 Å². The van der Waals surface area contributed by atoms with Crippen molar-refractivity contribution in [1.82, 2.24) is 9.55 Å². The second-order valence-corrected chi connectivity index (χ2v) is 6.35. The van der Waals surface area contributed by atoms with Gasteiger partial charge in [-0.1, -0.05) is 40.0 Å². The first-order valence-electron chi connectivity index (χ1n) is 6.74. The predicted molar refractivity (Wildman–Crippen MR) is 72.1 cm³/mol. The van der Waals surface area contributed by atoms with Crippen molar-refractivity contribution in [1.29, 1.82) is 0 Å². The highest BCUT2D eigenvalue weighted by Crippen LogP contribution is 2.35. The van der Waals surface area contributed by atoms with Crippen molar-refractivity contribution in [2.24, 2.45) is 7.05 Å². The number of anilines is 1. The Kier molecular flexibility index (Phi) is 3.19. The maximum absolute atomic E-state index is 6.20. The molecule has 1 aromatic heterocycles. The maximum Gasteiger partial charge on any atom is 0.127 e. The molecule has 1 heterocycles. The van der Waals surface area contributed by atoms with E-state index in [0.717, 1.165) is 11.5 Å². The van der Waals surface area contributed by atoms with Gasteiger partial charge in [0.05, 0.1) is 5.69 Å². The molecule has 1 fully saturated rings. The van der Waals surface area contributed by atoms with Crippen molar-refractivity contribution >= 4 is 5.82 Å². The molecule has 2 N–H and O–H groups in total. The van der Waals surface area contributed by atoms with Gasteiger partial charge in [-0.3, -0.25) is 0 Å². The molecule has 17 heavy (non-hydrogen) atoms. The summed E-state index contributed by atoms with van der Waals surface area (Å²) in [6, 6.07) is 0. The Morgan fingerprint density at radius 2 is 1.76 bits per heavy atom. The molecule has 1 aliphatic rings. The normalized spacial score (nSPS) is 18.6. The molecule has 0 bridgehead atoms. The summed E-state index contributed by atoms with van der Waals surface area (Å²) >= 11 is 0. The average molecular weight is 235 g/mol. The van der Waals surface area contributed by atoms with E-state index in [9.17, 15) is 0 Å². The summed E-state index contributed by atoms with van der Waals surface area (Å²) in [6.07, 6.45) is 6.59. The molecular weight excluding hydrogens is 210 g/mol. The van der Waals surface area contributed by atoms with Gasteiger partial charge >= 0.3 is 0 Å². The van der Waals surface area contributed by atoms with E-state index in [1.54, 1.807) is 0 Å². The van der Waals surface area contributed by atoms with E-state index in [1.807, 2.05) is 0 Å². The second-order valence-electron chi connectivity index (χ2n) is 6.35. The molecule has 1 aliphatic carbocycles. The summed E-state index contributed by atoms with van der Waals surface area (Å²) in [6.45, 7) is 6.53. The zero-order valence-corrected chi connectivity index (χ0v) is 11.6. The van der Waals surface area contributed by atoms with Crippen LogP contribution in [0.15, 0.2) is 0 Å². The van der Waals surface area contributed by atoms with E-state index >= 15 is 0 Å². The van der Waals surface area contributed by atoms with Crippen LogP contribution >= 0.6 is 0 Å². The molecule has 96 valence electrons. The molecule has 0 amide bonds. The first kappa shape index (κ1) is 12.5. The number of nitrogen functional groups attached to an aromatic ring is 1. The third-order valence-electron chi connectivity index (χ3n) is 3.85. The van der Waals surface area contributed by atoms with E-state index in [1.165, 1.54) is 37.9 Å². The van der Waals surface area contributed by atoms with Crippen LogP contribution in [0.3, 0.4) is 0 Å². The van der Waals surface area contributed by atoms with E-state index in [2.05, 4.69) is 32.4 Å². The quantitative estimate of drug-likeness (QED) is 0.811. The summed E-state index contributed by atoms with van der Waals surface area (Å²) in [7, 11) is 2.06. The highest BCUT2D eigenvalue weighted by Gasteiger charge is 2.27. The van der Waals surface area contributed by atoms with Crippen LogP contribution in [-0.2, 0) is 12.5 Å². The highest BCUT2D eigenvalue weighted by molar-refractivity contribution is 5.42. The standard InChI is InChI=1S/C14H25N3/c1-14(2,3)11-12(15)17(4)13(16-11)10-8-6-5-7-9-10/h10H,5-9,15H2,1-4H3. The lowest BCUT2D eigenvalue weighted by atomic mass is 9.88. The first-order chi connectivity index (χ1) is 7.91. The smallest absolute Gasteiger partial charge is 0.127 e. The van der Waals surface area contributed by atoms with E-state index in [4.69, 9.17) is 10.7 Å². The van der Waals surface area contributed by atoms with Crippen LogP contribution in [0, 0.1) is 0 Å². The molecule has 0 aromatic carbocycles. The van der Waals surface area contributed by atoms with Gasteiger partial charge < -0.3 is 10.3 Å². The minimum Gasteiger partial charge on any atom is -0.384 e. The minimum absolute atomic E-state index is 0.0365. The average Bonchev–Trinajstić information content (AvgIpc) is 2.57. The van der Waals surface area contributed by atoms with Gasteiger partial charge in [-0.05, 0) is 12.8 Å². The monoisotopic (exact) mass is 235 g/mol. The van der Waals surface area contributed by atoms with Crippen molar-refractivity contribution in [2.75, 3.05) is 5.73 Å². The van der Waals surface area contributed by atoms with Gasteiger partial charge in [0.2, 0.25) is 0 Å². The van der Waals surface area contributed by atoms with Crippen LogP contribution in [-0.4, -0.2) is 9.55 Å². The Morgan fingerprint density at radius 3 is 2.24 bits per heavy atom. The number of hydrogen-bond donors (Lipinski definition) is 1. The second kappa shape index (κ2) is 4.35. The summed E-state index contributed by atoms with van der Waals surface area (Å²) in [4.78, 5) is 4.84. The minimum atomic E-state index is 0.0365. The number of hydrogen-bond acceptors (Lipinski definition) is 2. The van der Waals surface area contributed by atoms with Crippen LogP contribution < -0.4 is 5.73 Å². The van der Waals surface area contributed by atoms with Crippen LogP contribution in [0.1, 0.15) is 70.3 Å². The van der Waals surface area contributed by atoms with Crippen molar-refractivity contribution in [3.05, 3.63) is 11.5 Å². The molecule has 3 heteroatoms. The lowest BCUT2D eigenvalue weighted by Crippen LogP contribution is -2.14. The third-order valence-corrected chi connectivity index (χ3v) is 3.85. The third kappa shape index (κ3) is 2.33. The Labute approximate surface area is 104 Å². The summed E-state index contributed by atoms with van der Waals surface area (Å²) in [5.74, 6) is 2.66. The molecule has 1 saturated carbocycles. The summed E-state index contributed by atoms with van der Waals surface area (Å²) in [5, 5.41) is 0. The molecule has 0 spiro atoms. The van der Waals surface area contributed by atoms with Crippen molar-refractivity contribution in [2.45, 2.75) is 64.2 Å². The summed E-state index contributed by atoms with van der Waals surface area (Å²) < 4.78 is 2.11. The number of nitrogens with zero attached hydrogens (tertiary/aromatic N) is 2. The van der Waals surface area contributed by atoms with Gasteiger partial charge in [0.25, 0.3) is 0 Å². The van der Waals surface area contributed by atoms with Crippen LogP contribution in [0.5, 0.6) is 0 Å². The Morgan fingerprint density at radius 1 is 1.18 bits per heavy atom. The molecule has 0 aliphatic heterocycles. The number of nitrogens with two attached hydrogens (primary N) is 1. The van der Waals surface area contributed by atoms with Crippen molar-refractivity contribution in [3.63, 3.8) is 0 Å². The molecular formula is C14H25N3. The number of aromatic nitrogens is 2. The van der Waals surface area contributed by atoms with Crippen molar-refractivity contribution in [3.8, 4) is 0 Å². The first-order valence-corrected chi connectivity index (χ1v) is 6.74. The van der Waals surface area contributed by atoms with Gasteiger partial charge in [0, 0.05) is 18.4 Å². The van der Waals surface area contributed by atoms with E-state index in [0.29, 0.717) is 5.92 Å². The zero-order chi connectivity index (χ0) is 12.6. The molecule has 0 unspecified atom stereocenters. The fraction of sp³-hybridized carbons (Fsp3) is 0.786. The Balaban J connectivity index is 2.35. The summed E-state index contributed by atoms with van der Waals surface area (Å²) in [5.41, 5.74) is 7.29. The predicted octanol–water partition coefficient (Wildman–Crippen LogP) is 3.35. The number of imidazole rings is 1. The maximum atomic E-state index is 6.20. The van der Waals surface area contributed by atoms with Crippen molar-refractivity contribution < 1.29 is 0 Å². The van der Waals surface area contributed by atoms with Crippen LogP contribution in [0.2, 0.25) is 0 Å². The fourth-order valence-electron chi connectivity index (χ4n) is 2.81. The topological polar surface area (TPSA) is 43.8 Å². The molecule has 0 atom stereocenters. The van der Waals surface area contributed by atoms with Gasteiger partial charge in [0.1, 0.15) is 11.6 Å². The largest absolute Gasteiger partial charge is 0.384 e. The lowest BCUT2D eigenvalue weighted by Gasteiger charge is -2.21. The van der Waals surface area contributed by atoms with E-state index in [-0.39, 0.29) is 5.41 Å². The van der Waals surface area contributed by atoms with Crippen LogP contribution in [0.4, 0.5) is 5.82 Å². The van der Waals surface area contributed by atoms with E-state index < -0.39 is 0 Å². The number of rotatable bonds is 1. The van der Waals surface area contributed by atoms with Gasteiger partial charge in [-0.15, -0.1) is 0 Å². The molecule has 2 rings (SSSR count). The fourth-order valence-corrected chi connectivity index (χ4v) is 2.81. The molecule has 1 aromatic rings. The lowest BCUT2D eigenvalue weighted by molar-refractivity contribution is 0.420. The Hall–Kier alpha value is -0.990. The van der Waals surface area contributed by atoms with Gasteiger partial charge in [-0.2, -0.15) is 0 Å². The Bertz CT molecular complexity index is 392. The zero-order valence-electron chi connectivity index (χ0n) is 11.6. The highest BCUT2D eigenvalue weighted by atomic mass is 15.1. The molecule has 0 radical (unpaired) electrons.